The molecule has 0 radical (unpaired) electrons. The Labute approximate surface area is 270 Å². The zero-order valence-corrected chi connectivity index (χ0v) is 27.7. The maximum Gasteiger partial charge on any atom is 0.410 e. The van der Waals surface area contributed by atoms with Gasteiger partial charge >= 0.3 is 6.09 Å². The number of fused-ring (bicyclic) bond motifs is 1. The fraction of sp³-hybridized carbons (Fsp3) is 0.545. The third-order valence-electron chi connectivity index (χ3n) is 7.19. The van der Waals surface area contributed by atoms with E-state index in [1.54, 1.807) is 20.4 Å². The number of likely N-dealkylation sites (tertiary alicyclic amines) is 1. The summed E-state index contributed by atoms with van der Waals surface area (Å²) in [5, 5.41) is 15.0. The van der Waals surface area contributed by atoms with Crippen LogP contribution in [0, 0.1) is 11.8 Å². The van der Waals surface area contributed by atoms with Crippen molar-refractivity contribution in [3.8, 4) is 17.7 Å². The molecule has 1 aliphatic heterocycles. The molecule has 3 heterocycles. The van der Waals surface area contributed by atoms with Crippen LogP contribution in [-0.4, -0.2) is 88.8 Å². The first kappa shape index (κ1) is 34.3. The number of amides is 2. The maximum absolute atomic E-state index is 12.8. The first-order chi connectivity index (χ1) is 22.1. The Morgan fingerprint density at radius 3 is 2.74 bits per heavy atom. The SMILES string of the molecule is CCCNc1nc(Nc2ccc3c(OC)nn(CCOC)c3c2)ncc1C#CCCCNC(=O)[C@@H]1CCCN1C(=O)OC(C)(C)C. The molecular weight excluding hydrogens is 588 g/mol. The van der Waals surface area contributed by atoms with Gasteiger partial charge in [-0.2, -0.15) is 4.98 Å². The first-order valence-electron chi connectivity index (χ1n) is 15.8. The molecule has 3 N–H and O–H groups in total. The van der Waals surface area contributed by atoms with Crippen LogP contribution < -0.4 is 20.7 Å². The predicted octanol–water partition coefficient (Wildman–Crippen LogP) is 4.69. The van der Waals surface area contributed by atoms with E-state index in [9.17, 15) is 9.59 Å². The molecule has 0 bridgehead atoms. The van der Waals surface area contributed by atoms with Crippen molar-refractivity contribution in [1.82, 2.24) is 30.0 Å². The molecule has 0 unspecified atom stereocenters. The van der Waals surface area contributed by atoms with E-state index in [4.69, 9.17) is 19.2 Å². The number of hydrogen-bond donors (Lipinski definition) is 3. The van der Waals surface area contributed by atoms with Gasteiger partial charge in [0.1, 0.15) is 17.5 Å². The summed E-state index contributed by atoms with van der Waals surface area (Å²) < 4.78 is 18.0. The van der Waals surface area contributed by atoms with Gasteiger partial charge in [0.15, 0.2) is 0 Å². The first-order valence-corrected chi connectivity index (χ1v) is 15.8. The number of nitrogens with zero attached hydrogens (tertiary/aromatic N) is 5. The molecule has 1 saturated heterocycles. The van der Waals surface area contributed by atoms with Crippen LogP contribution in [0.5, 0.6) is 5.88 Å². The summed E-state index contributed by atoms with van der Waals surface area (Å²) in [5.74, 6) is 7.84. The highest BCUT2D eigenvalue weighted by molar-refractivity contribution is 5.88. The smallest absolute Gasteiger partial charge is 0.410 e. The van der Waals surface area contributed by atoms with Crippen LogP contribution in [0.4, 0.5) is 22.2 Å². The second-order valence-corrected chi connectivity index (χ2v) is 12.0. The minimum Gasteiger partial charge on any atom is -0.479 e. The van der Waals surface area contributed by atoms with Gasteiger partial charge in [0.05, 0.1) is 42.9 Å². The van der Waals surface area contributed by atoms with Crippen molar-refractivity contribution >= 4 is 40.4 Å². The maximum atomic E-state index is 12.8. The van der Waals surface area contributed by atoms with Gasteiger partial charge in [0.2, 0.25) is 17.7 Å². The van der Waals surface area contributed by atoms with Gasteiger partial charge in [-0.15, -0.1) is 5.10 Å². The van der Waals surface area contributed by atoms with Gasteiger partial charge in [0.25, 0.3) is 0 Å². The van der Waals surface area contributed by atoms with E-state index in [1.165, 1.54) is 4.90 Å². The van der Waals surface area contributed by atoms with Crippen molar-refractivity contribution in [1.29, 1.82) is 0 Å². The van der Waals surface area contributed by atoms with Gasteiger partial charge in [-0.05, 0) is 64.7 Å². The van der Waals surface area contributed by atoms with Crippen LogP contribution in [0.25, 0.3) is 10.9 Å². The minimum atomic E-state index is -0.604. The van der Waals surface area contributed by atoms with Crippen LogP contribution in [-0.2, 0) is 20.8 Å². The number of nitrogens with one attached hydrogen (secondary N) is 3. The lowest BCUT2D eigenvalue weighted by molar-refractivity contribution is -0.125. The summed E-state index contributed by atoms with van der Waals surface area (Å²) >= 11 is 0. The Morgan fingerprint density at radius 1 is 1.17 bits per heavy atom. The summed E-state index contributed by atoms with van der Waals surface area (Å²) in [5.41, 5.74) is 1.81. The zero-order chi connectivity index (χ0) is 33.1. The van der Waals surface area contributed by atoms with Crippen LogP contribution in [0.1, 0.15) is 65.4 Å². The summed E-state index contributed by atoms with van der Waals surface area (Å²) in [4.78, 5) is 36.0. The molecule has 3 aromatic rings. The monoisotopic (exact) mass is 634 g/mol. The zero-order valence-electron chi connectivity index (χ0n) is 27.7. The van der Waals surface area contributed by atoms with Gasteiger partial charge in [0, 0.05) is 38.9 Å². The van der Waals surface area contributed by atoms with Crippen LogP contribution in [0.15, 0.2) is 24.4 Å². The highest BCUT2D eigenvalue weighted by atomic mass is 16.6. The Balaban J connectivity index is 1.35. The molecule has 2 amide bonds. The number of ether oxygens (including phenoxy) is 3. The fourth-order valence-electron chi connectivity index (χ4n) is 5.00. The predicted molar refractivity (Wildman–Crippen MR) is 177 cm³/mol. The molecular formula is C33H46N8O5. The van der Waals surface area contributed by atoms with Crippen molar-refractivity contribution in [3.63, 3.8) is 0 Å². The second kappa shape index (κ2) is 16.1. The van der Waals surface area contributed by atoms with E-state index in [0.717, 1.165) is 36.0 Å². The molecule has 46 heavy (non-hydrogen) atoms. The fourth-order valence-corrected chi connectivity index (χ4v) is 5.00. The Morgan fingerprint density at radius 2 is 2.00 bits per heavy atom. The van der Waals surface area contributed by atoms with Crippen molar-refractivity contribution in [3.05, 3.63) is 30.0 Å². The lowest BCUT2D eigenvalue weighted by atomic mass is 10.2. The lowest BCUT2D eigenvalue weighted by Crippen LogP contribution is -2.47. The number of unbranched alkanes of at least 4 members (excludes halogenated alkanes) is 1. The lowest BCUT2D eigenvalue weighted by Gasteiger charge is -2.28. The molecule has 1 atom stereocenters. The standard InChI is InChI=1S/C33H46N8O5/c1-7-16-34-28-23(12-9-8-10-17-35-29(42)26-13-11-18-40(26)32(43)46-33(2,3)4)22-36-31(38-28)37-24-14-15-25-27(21-24)41(19-20-44-5)39-30(25)45-6/h14-15,21-22,26H,7-8,10-11,13,16-20H2,1-6H3,(H,35,42)(H2,34,36,37,38)/t26-/m0/s1. The summed E-state index contributed by atoms with van der Waals surface area (Å²) in [6.07, 6.45) is 4.84. The van der Waals surface area contributed by atoms with Gasteiger partial charge in [-0.3, -0.25) is 14.4 Å². The summed E-state index contributed by atoms with van der Waals surface area (Å²) in [7, 11) is 3.27. The highest BCUT2D eigenvalue weighted by Crippen LogP contribution is 2.29. The highest BCUT2D eigenvalue weighted by Gasteiger charge is 2.36. The van der Waals surface area contributed by atoms with Crippen molar-refractivity contribution < 1.29 is 23.8 Å². The number of anilines is 3. The molecule has 1 fully saturated rings. The van der Waals surface area contributed by atoms with Gasteiger partial charge in [-0.1, -0.05) is 18.8 Å². The van der Waals surface area contributed by atoms with E-state index >= 15 is 0 Å². The quantitative estimate of drug-likeness (QED) is 0.179. The average molecular weight is 635 g/mol. The molecule has 13 heteroatoms. The molecule has 13 nitrogen and oxygen atoms in total. The largest absolute Gasteiger partial charge is 0.479 e. The number of carbonyl (C=O) groups excluding carboxylic acids is 2. The number of benzene rings is 1. The number of methoxy groups -OCH3 is 2. The number of hydrogen-bond acceptors (Lipinski definition) is 10. The molecule has 2 aromatic heterocycles. The number of aromatic nitrogens is 4. The van der Waals surface area contributed by atoms with E-state index in [0.29, 0.717) is 68.7 Å². The summed E-state index contributed by atoms with van der Waals surface area (Å²) in [6.45, 7) is 10.4. The summed E-state index contributed by atoms with van der Waals surface area (Å²) in [6, 6.07) is 5.37. The molecule has 0 aliphatic carbocycles. The third kappa shape index (κ3) is 9.23. The molecule has 1 aromatic carbocycles. The van der Waals surface area contributed by atoms with E-state index in [2.05, 4.69) is 44.8 Å². The van der Waals surface area contributed by atoms with E-state index in [1.807, 2.05) is 43.7 Å². The molecule has 248 valence electrons. The average Bonchev–Trinajstić information content (AvgIpc) is 3.65. The Bertz CT molecular complexity index is 1560. The van der Waals surface area contributed by atoms with E-state index < -0.39 is 17.7 Å². The van der Waals surface area contributed by atoms with Crippen LogP contribution in [0.2, 0.25) is 0 Å². The van der Waals surface area contributed by atoms with Crippen LogP contribution >= 0.6 is 0 Å². The number of carbonyl (C=O) groups is 2. The van der Waals surface area contributed by atoms with Gasteiger partial charge < -0.3 is 30.2 Å². The Kier molecular flexibility index (Phi) is 12.0. The van der Waals surface area contributed by atoms with Gasteiger partial charge in [-0.25, -0.2) is 9.78 Å². The third-order valence-corrected chi connectivity index (χ3v) is 7.19. The molecule has 4 rings (SSSR count). The molecule has 0 saturated carbocycles. The number of rotatable bonds is 13. The minimum absolute atomic E-state index is 0.156. The Hall–Kier alpha value is -4.57. The topological polar surface area (TPSA) is 145 Å². The van der Waals surface area contributed by atoms with E-state index in [-0.39, 0.29) is 5.91 Å². The van der Waals surface area contributed by atoms with Crippen molar-refractivity contribution in [2.45, 2.75) is 78.0 Å². The normalized spacial score (nSPS) is 14.5. The van der Waals surface area contributed by atoms with Crippen molar-refractivity contribution in [2.24, 2.45) is 0 Å². The molecule has 0 spiro atoms. The van der Waals surface area contributed by atoms with Crippen LogP contribution in [0.3, 0.4) is 0 Å². The van der Waals surface area contributed by atoms with Crippen molar-refractivity contribution in [2.75, 3.05) is 51.1 Å². The second-order valence-electron chi connectivity index (χ2n) is 12.0. The molecule has 1 aliphatic rings.